The van der Waals surface area contributed by atoms with Gasteiger partial charge in [-0.3, -0.25) is 4.79 Å². The number of para-hydroxylation sites is 1. The van der Waals surface area contributed by atoms with E-state index in [1.54, 1.807) is 6.07 Å². The van der Waals surface area contributed by atoms with E-state index in [9.17, 15) is 4.79 Å². The van der Waals surface area contributed by atoms with Crippen LogP contribution in [0.25, 0.3) is 0 Å². The lowest BCUT2D eigenvalue weighted by atomic mass is 10.0. The molecule has 112 valence electrons. The van der Waals surface area contributed by atoms with Crippen molar-refractivity contribution >= 4 is 17.6 Å². The number of rotatable bonds is 8. The lowest BCUT2D eigenvalue weighted by molar-refractivity contribution is -0.140. The summed E-state index contributed by atoms with van der Waals surface area (Å²) >= 11 is 6.17. The summed E-state index contributed by atoms with van der Waals surface area (Å²) < 4.78 is 10.3. The number of carbonyl (C=O) groups excluding carboxylic acids is 1. The number of halogens is 1. The highest BCUT2D eigenvalue weighted by atomic mass is 35.5. The summed E-state index contributed by atoms with van der Waals surface area (Å²) in [6.45, 7) is 2.47. The average molecular weight is 300 g/mol. The van der Waals surface area contributed by atoms with E-state index in [0.717, 1.165) is 18.4 Å². The maximum Gasteiger partial charge on any atom is 0.305 e. The molecule has 1 unspecified atom stereocenters. The standard InChI is InChI=1S/C15H22ClNO3/c1-3-12(17)10-11-6-4-7-13(16)15(11)20-9-5-8-14(18)19-2/h4,6-7,12H,3,5,8-10,17H2,1-2H3. The first kappa shape index (κ1) is 16.8. The molecular weight excluding hydrogens is 278 g/mol. The number of benzene rings is 1. The number of esters is 1. The molecule has 0 spiro atoms. The van der Waals surface area contributed by atoms with Gasteiger partial charge in [-0.2, -0.15) is 0 Å². The van der Waals surface area contributed by atoms with Gasteiger partial charge in [0.25, 0.3) is 0 Å². The number of carbonyl (C=O) groups is 1. The third kappa shape index (κ3) is 5.39. The second-order valence-corrected chi connectivity index (χ2v) is 5.04. The van der Waals surface area contributed by atoms with Crippen molar-refractivity contribution in [1.82, 2.24) is 0 Å². The van der Waals surface area contributed by atoms with Crippen molar-refractivity contribution in [1.29, 1.82) is 0 Å². The van der Waals surface area contributed by atoms with Crippen molar-refractivity contribution < 1.29 is 14.3 Å². The van der Waals surface area contributed by atoms with Crippen LogP contribution in [0.15, 0.2) is 18.2 Å². The fraction of sp³-hybridized carbons (Fsp3) is 0.533. The molecule has 2 N–H and O–H groups in total. The van der Waals surface area contributed by atoms with Crippen LogP contribution in [0.3, 0.4) is 0 Å². The Morgan fingerprint density at radius 3 is 2.85 bits per heavy atom. The second-order valence-electron chi connectivity index (χ2n) is 4.63. The molecule has 1 aromatic rings. The Morgan fingerprint density at radius 2 is 2.20 bits per heavy atom. The van der Waals surface area contributed by atoms with Gasteiger partial charge in [0, 0.05) is 12.5 Å². The summed E-state index contributed by atoms with van der Waals surface area (Å²) in [7, 11) is 1.38. The van der Waals surface area contributed by atoms with Crippen LogP contribution in [0.2, 0.25) is 5.02 Å². The normalized spacial score (nSPS) is 12.0. The summed E-state index contributed by atoms with van der Waals surface area (Å²) in [5.41, 5.74) is 6.98. The molecule has 0 bridgehead atoms. The Kier molecular flexibility index (Phi) is 7.41. The van der Waals surface area contributed by atoms with Crippen LogP contribution < -0.4 is 10.5 Å². The number of ether oxygens (including phenoxy) is 2. The van der Waals surface area contributed by atoms with E-state index in [0.29, 0.717) is 30.2 Å². The van der Waals surface area contributed by atoms with Crippen molar-refractivity contribution in [2.24, 2.45) is 5.73 Å². The van der Waals surface area contributed by atoms with Crippen molar-refractivity contribution in [3.63, 3.8) is 0 Å². The molecule has 0 aliphatic rings. The molecule has 0 saturated heterocycles. The zero-order chi connectivity index (χ0) is 15.0. The van der Waals surface area contributed by atoms with E-state index in [1.165, 1.54) is 7.11 Å². The summed E-state index contributed by atoms with van der Waals surface area (Å²) in [4.78, 5) is 11.0. The first-order chi connectivity index (χ1) is 9.58. The molecule has 1 rings (SSSR count). The molecule has 0 radical (unpaired) electrons. The highest BCUT2D eigenvalue weighted by Crippen LogP contribution is 2.29. The van der Waals surface area contributed by atoms with E-state index in [2.05, 4.69) is 4.74 Å². The van der Waals surface area contributed by atoms with E-state index in [4.69, 9.17) is 22.1 Å². The molecule has 0 aromatic heterocycles. The summed E-state index contributed by atoms with van der Waals surface area (Å²) in [5, 5.41) is 0.573. The molecule has 0 fully saturated rings. The van der Waals surface area contributed by atoms with Gasteiger partial charge in [0.1, 0.15) is 5.75 Å². The minimum absolute atomic E-state index is 0.0888. The predicted molar refractivity (Wildman–Crippen MR) is 80.2 cm³/mol. The fourth-order valence-electron chi connectivity index (χ4n) is 1.80. The van der Waals surface area contributed by atoms with Gasteiger partial charge in [0.2, 0.25) is 0 Å². The van der Waals surface area contributed by atoms with Crippen molar-refractivity contribution in [3.05, 3.63) is 28.8 Å². The van der Waals surface area contributed by atoms with Crippen LogP contribution >= 0.6 is 11.6 Å². The summed E-state index contributed by atoms with van der Waals surface area (Å²) in [6, 6.07) is 5.74. The van der Waals surface area contributed by atoms with Crippen LogP contribution in [0, 0.1) is 0 Å². The molecule has 0 amide bonds. The van der Waals surface area contributed by atoms with Gasteiger partial charge in [-0.15, -0.1) is 0 Å². The highest BCUT2D eigenvalue weighted by molar-refractivity contribution is 6.32. The molecule has 0 aliphatic heterocycles. The van der Waals surface area contributed by atoms with Gasteiger partial charge < -0.3 is 15.2 Å². The first-order valence-corrected chi connectivity index (χ1v) is 7.18. The molecule has 5 heteroatoms. The quantitative estimate of drug-likeness (QED) is 0.592. The largest absolute Gasteiger partial charge is 0.492 e. The van der Waals surface area contributed by atoms with Crippen molar-refractivity contribution in [3.8, 4) is 5.75 Å². The molecule has 0 aliphatic carbocycles. The Morgan fingerprint density at radius 1 is 1.45 bits per heavy atom. The lowest BCUT2D eigenvalue weighted by Gasteiger charge is -2.15. The number of hydrogen-bond acceptors (Lipinski definition) is 4. The maximum atomic E-state index is 11.0. The van der Waals surface area contributed by atoms with E-state index >= 15 is 0 Å². The van der Waals surface area contributed by atoms with Gasteiger partial charge in [0.15, 0.2) is 0 Å². The number of methoxy groups -OCH3 is 1. The Balaban J connectivity index is 2.61. The predicted octanol–water partition coefficient (Wildman–Crippen LogP) is 2.95. The van der Waals surface area contributed by atoms with E-state index in [-0.39, 0.29) is 12.0 Å². The van der Waals surface area contributed by atoms with Crippen molar-refractivity contribution in [2.75, 3.05) is 13.7 Å². The van der Waals surface area contributed by atoms with E-state index < -0.39 is 0 Å². The lowest BCUT2D eigenvalue weighted by Crippen LogP contribution is -2.21. The molecule has 1 atom stereocenters. The molecule has 20 heavy (non-hydrogen) atoms. The van der Waals surface area contributed by atoms with Crippen LogP contribution in [-0.2, 0) is 16.0 Å². The summed E-state index contributed by atoms with van der Waals surface area (Å²) in [5.74, 6) is 0.434. The SMILES string of the molecule is CCC(N)Cc1cccc(Cl)c1OCCCC(=O)OC. The Hall–Kier alpha value is -1.26. The molecular formula is C15H22ClNO3. The van der Waals surface area contributed by atoms with Crippen LogP contribution in [0.5, 0.6) is 5.75 Å². The van der Waals surface area contributed by atoms with Gasteiger partial charge >= 0.3 is 5.97 Å². The summed E-state index contributed by atoms with van der Waals surface area (Å²) in [6.07, 6.45) is 2.56. The molecule has 4 nitrogen and oxygen atoms in total. The Labute approximate surface area is 125 Å². The monoisotopic (exact) mass is 299 g/mol. The minimum Gasteiger partial charge on any atom is -0.492 e. The highest BCUT2D eigenvalue weighted by Gasteiger charge is 2.11. The third-order valence-corrected chi connectivity index (χ3v) is 3.35. The zero-order valence-electron chi connectivity index (χ0n) is 12.0. The molecule has 0 heterocycles. The zero-order valence-corrected chi connectivity index (χ0v) is 12.8. The number of hydrogen-bond donors (Lipinski definition) is 1. The second kappa shape index (κ2) is 8.82. The fourth-order valence-corrected chi connectivity index (χ4v) is 2.04. The van der Waals surface area contributed by atoms with Crippen LogP contribution in [-0.4, -0.2) is 25.7 Å². The van der Waals surface area contributed by atoms with Gasteiger partial charge in [-0.05, 0) is 30.9 Å². The average Bonchev–Trinajstić information content (AvgIpc) is 2.45. The minimum atomic E-state index is -0.235. The van der Waals surface area contributed by atoms with Gasteiger partial charge in [-0.25, -0.2) is 0 Å². The van der Waals surface area contributed by atoms with E-state index in [1.807, 2.05) is 19.1 Å². The smallest absolute Gasteiger partial charge is 0.305 e. The Bertz CT molecular complexity index is 437. The van der Waals surface area contributed by atoms with Gasteiger partial charge in [-0.1, -0.05) is 30.7 Å². The molecule has 0 saturated carbocycles. The maximum absolute atomic E-state index is 11.0. The van der Waals surface area contributed by atoms with Crippen LogP contribution in [0.1, 0.15) is 31.7 Å². The third-order valence-electron chi connectivity index (χ3n) is 3.05. The van der Waals surface area contributed by atoms with Gasteiger partial charge in [0.05, 0.1) is 18.7 Å². The molecule has 1 aromatic carbocycles. The number of nitrogens with two attached hydrogens (primary N) is 1. The first-order valence-electron chi connectivity index (χ1n) is 6.81. The van der Waals surface area contributed by atoms with Crippen molar-refractivity contribution in [2.45, 2.75) is 38.6 Å². The van der Waals surface area contributed by atoms with Crippen LogP contribution in [0.4, 0.5) is 0 Å². The topological polar surface area (TPSA) is 61.5 Å².